The molecule has 2 aromatic rings. The molecule has 0 atom stereocenters. The Balaban J connectivity index is 2.22. The summed E-state index contributed by atoms with van der Waals surface area (Å²) in [5.41, 5.74) is 2.41. The van der Waals surface area contributed by atoms with Crippen molar-refractivity contribution in [3.05, 3.63) is 45.2 Å². The minimum Gasteiger partial charge on any atom is -0.485 e. The zero-order chi connectivity index (χ0) is 14.0. The van der Waals surface area contributed by atoms with Gasteiger partial charge in [0.1, 0.15) is 12.4 Å². The second-order valence-electron chi connectivity index (χ2n) is 4.22. The van der Waals surface area contributed by atoms with Gasteiger partial charge in [-0.25, -0.2) is 0 Å². The molecule has 1 aromatic heterocycles. The van der Waals surface area contributed by atoms with Crippen LogP contribution in [-0.2, 0) is 20.3 Å². The third kappa shape index (κ3) is 3.21. The number of aliphatic hydroxyl groups is 1. The predicted octanol–water partition coefficient (Wildman–Crippen LogP) is 3.11. The van der Waals surface area contributed by atoms with Crippen molar-refractivity contribution >= 4 is 23.2 Å². The first kappa shape index (κ1) is 14.2. The van der Waals surface area contributed by atoms with Crippen LogP contribution in [0.4, 0.5) is 0 Å². The third-order valence-electron chi connectivity index (χ3n) is 2.72. The van der Waals surface area contributed by atoms with E-state index in [1.54, 1.807) is 16.8 Å². The van der Waals surface area contributed by atoms with Crippen LogP contribution >= 0.6 is 23.2 Å². The van der Waals surface area contributed by atoms with Gasteiger partial charge >= 0.3 is 0 Å². The van der Waals surface area contributed by atoms with Crippen LogP contribution in [0.5, 0.6) is 5.75 Å². The Morgan fingerprint density at radius 3 is 2.63 bits per heavy atom. The predicted molar refractivity (Wildman–Crippen MR) is 74.7 cm³/mol. The standard InChI is InChI=1S/C13H14Cl2N2O2/c1-8-3-11(17(2)16-8)7-19-13-9(6-18)4-10(14)5-12(13)15/h3-5,18H,6-7H2,1-2H3. The number of hydrogen-bond acceptors (Lipinski definition) is 3. The van der Waals surface area contributed by atoms with Crippen LogP contribution in [0.3, 0.4) is 0 Å². The van der Waals surface area contributed by atoms with Crippen molar-refractivity contribution in [2.75, 3.05) is 0 Å². The number of benzene rings is 1. The fourth-order valence-electron chi connectivity index (χ4n) is 1.84. The molecule has 0 fully saturated rings. The highest BCUT2D eigenvalue weighted by atomic mass is 35.5. The molecular formula is C13H14Cl2N2O2. The minimum absolute atomic E-state index is 0.181. The Labute approximate surface area is 121 Å². The van der Waals surface area contributed by atoms with Gasteiger partial charge in [0, 0.05) is 17.6 Å². The highest BCUT2D eigenvalue weighted by molar-refractivity contribution is 6.35. The maximum atomic E-state index is 9.31. The molecule has 102 valence electrons. The molecule has 19 heavy (non-hydrogen) atoms. The average Bonchev–Trinajstić information content (AvgIpc) is 2.65. The zero-order valence-corrected chi connectivity index (χ0v) is 12.2. The van der Waals surface area contributed by atoms with Gasteiger partial charge in [-0.2, -0.15) is 5.10 Å². The van der Waals surface area contributed by atoms with Gasteiger partial charge < -0.3 is 9.84 Å². The van der Waals surface area contributed by atoms with Crippen LogP contribution in [0.15, 0.2) is 18.2 Å². The van der Waals surface area contributed by atoms with Crippen LogP contribution in [0.2, 0.25) is 10.0 Å². The van der Waals surface area contributed by atoms with Crippen molar-refractivity contribution < 1.29 is 9.84 Å². The lowest BCUT2D eigenvalue weighted by molar-refractivity contribution is 0.255. The molecule has 2 rings (SSSR count). The summed E-state index contributed by atoms with van der Waals surface area (Å²) in [6, 6.07) is 5.16. The van der Waals surface area contributed by atoms with Crippen molar-refractivity contribution in [3.63, 3.8) is 0 Å². The molecule has 0 amide bonds. The molecule has 6 heteroatoms. The number of ether oxygens (including phenoxy) is 1. The van der Waals surface area contributed by atoms with Gasteiger partial charge in [0.2, 0.25) is 0 Å². The third-order valence-corrected chi connectivity index (χ3v) is 3.22. The van der Waals surface area contributed by atoms with Gasteiger partial charge in [0.25, 0.3) is 0 Å². The first-order chi connectivity index (χ1) is 9.01. The molecule has 0 saturated carbocycles. The Kier molecular flexibility index (Phi) is 4.34. The molecule has 1 heterocycles. The van der Waals surface area contributed by atoms with Gasteiger partial charge in [-0.15, -0.1) is 0 Å². The number of rotatable bonds is 4. The van der Waals surface area contributed by atoms with Gasteiger partial charge in [-0.3, -0.25) is 4.68 Å². The first-order valence-electron chi connectivity index (χ1n) is 5.72. The normalized spacial score (nSPS) is 10.8. The number of aromatic nitrogens is 2. The van der Waals surface area contributed by atoms with E-state index in [9.17, 15) is 5.11 Å². The lowest BCUT2D eigenvalue weighted by atomic mass is 10.2. The number of hydrogen-bond donors (Lipinski definition) is 1. The van der Waals surface area contributed by atoms with Gasteiger partial charge in [-0.1, -0.05) is 23.2 Å². The lowest BCUT2D eigenvalue weighted by Gasteiger charge is -2.12. The van der Waals surface area contributed by atoms with Crippen LogP contribution in [0.25, 0.3) is 0 Å². The van der Waals surface area contributed by atoms with Crippen LogP contribution in [0, 0.1) is 6.92 Å². The molecule has 1 aromatic carbocycles. The summed E-state index contributed by atoms with van der Waals surface area (Å²) >= 11 is 12.0. The summed E-state index contributed by atoms with van der Waals surface area (Å²) in [6.07, 6.45) is 0. The van der Waals surface area contributed by atoms with E-state index in [0.717, 1.165) is 11.4 Å². The highest BCUT2D eigenvalue weighted by Gasteiger charge is 2.11. The fraction of sp³-hybridized carbons (Fsp3) is 0.308. The van der Waals surface area contributed by atoms with E-state index in [-0.39, 0.29) is 6.61 Å². The molecule has 0 aliphatic rings. The van der Waals surface area contributed by atoms with Crippen molar-refractivity contribution in [1.29, 1.82) is 0 Å². The van der Waals surface area contributed by atoms with Crippen molar-refractivity contribution in [2.45, 2.75) is 20.1 Å². The molecule has 4 nitrogen and oxygen atoms in total. The van der Waals surface area contributed by atoms with E-state index in [1.165, 1.54) is 0 Å². The van der Waals surface area contributed by atoms with E-state index in [0.29, 0.717) is 28.0 Å². The van der Waals surface area contributed by atoms with E-state index >= 15 is 0 Å². The topological polar surface area (TPSA) is 47.3 Å². The SMILES string of the molecule is Cc1cc(COc2c(Cl)cc(Cl)cc2CO)n(C)n1. The Morgan fingerprint density at radius 2 is 2.05 bits per heavy atom. The number of aryl methyl sites for hydroxylation is 2. The molecule has 0 spiro atoms. The molecule has 0 aliphatic heterocycles. The molecule has 1 N–H and O–H groups in total. The number of nitrogens with zero attached hydrogens (tertiary/aromatic N) is 2. The van der Waals surface area contributed by atoms with Crippen molar-refractivity contribution in [1.82, 2.24) is 9.78 Å². The zero-order valence-electron chi connectivity index (χ0n) is 10.7. The Bertz CT molecular complexity index is 597. The summed E-state index contributed by atoms with van der Waals surface area (Å²) in [5, 5.41) is 14.4. The maximum Gasteiger partial charge on any atom is 0.144 e. The maximum absolute atomic E-state index is 9.31. The van der Waals surface area contributed by atoms with Crippen LogP contribution < -0.4 is 4.74 Å². The van der Waals surface area contributed by atoms with Crippen molar-refractivity contribution in [2.24, 2.45) is 7.05 Å². The van der Waals surface area contributed by atoms with E-state index in [4.69, 9.17) is 27.9 Å². The number of aliphatic hydroxyl groups excluding tert-OH is 1. The van der Waals surface area contributed by atoms with Gasteiger partial charge in [-0.05, 0) is 25.1 Å². The Morgan fingerprint density at radius 1 is 1.32 bits per heavy atom. The smallest absolute Gasteiger partial charge is 0.144 e. The van der Waals surface area contributed by atoms with Crippen molar-refractivity contribution in [3.8, 4) is 5.75 Å². The second kappa shape index (κ2) is 5.82. The first-order valence-corrected chi connectivity index (χ1v) is 6.48. The fourth-order valence-corrected chi connectivity index (χ4v) is 2.43. The number of halogens is 2. The van der Waals surface area contributed by atoms with Crippen LogP contribution in [-0.4, -0.2) is 14.9 Å². The van der Waals surface area contributed by atoms with E-state index in [2.05, 4.69) is 5.10 Å². The summed E-state index contributed by atoms with van der Waals surface area (Å²) in [4.78, 5) is 0. The summed E-state index contributed by atoms with van der Waals surface area (Å²) in [5.74, 6) is 0.451. The average molecular weight is 301 g/mol. The molecular weight excluding hydrogens is 287 g/mol. The summed E-state index contributed by atoms with van der Waals surface area (Å²) in [7, 11) is 1.85. The van der Waals surface area contributed by atoms with Gasteiger partial charge in [0.15, 0.2) is 0 Å². The monoisotopic (exact) mass is 300 g/mol. The Hall–Kier alpha value is -1.23. The molecule has 0 aliphatic carbocycles. The molecule has 0 bridgehead atoms. The second-order valence-corrected chi connectivity index (χ2v) is 5.07. The summed E-state index contributed by atoms with van der Waals surface area (Å²) < 4.78 is 7.43. The van der Waals surface area contributed by atoms with Gasteiger partial charge in [0.05, 0.1) is 23.0 Å². The quantitative estimate of drug-likeness (QED) is 0.944. The van der Waals surface area contributed by atoms with E-state index < -0.39 is 0 Å². The largest absolute Gasteiger partial charge is 0.485 e. The lowest BCUT2D eigenvalue weighted by Crippen LogP contribution is -2.05. The molecule has 0 unspecified atom stereocenters. The highest BCUT2D eigenvalue weighted by Crippen LogP contribution is 2.33. The molecule has 0 saturated heterocycles. The summed E-state index contributed by atoms with van der Waals surface area (Å²) in [6.45, 7) is 2.06. The minimum atomic E-state index is -0.181. The van der Waals surface area contributed by atoms with E-state index in [1.807, 2.05) is 20.0 Å². The molecule has 0 radical (unpaired) electrons. The van der Waals surface area contributed by atoms with Crippen LogP contribution in [0.1, 0.15) is 17.0 Å².